The van der Waals surface area contributed by atoms with Crippen molar-refractivity contribution in [1.29, 1.82) is 0 Å². The molecule has 0 spiro atoms. The summed E-state index contributed by atoms with van der Waals surface area (Å²) in [6.07, 6.45) is 5.59. The maximum absolute atomic E-state index is 3.78. The first-order valence-electron chi connectivity index (χ1n) is 6.15. The minimum Gasteiger partial charge on any atom is -0.316 e. The summed E-state index contributed by atoms with van der Waals surface area (Å²) in [5.74, 6) is 1.76. The predicted octanol–water partition coefficient (Wildman–Crippen LogP) is 1.76. The first-order valence-corrected chi connectivity index (χ1v) is 6.15. The molecule has 0 bridgehead atoms. The maximum atomic E-state index is 3.78. The average Bonchev–Trinajstić information content (AvgIpc) is 2.47. The molecule has 0 aromatic heterocycles. The first-order chi connectivity index (χ1) is 6.70. The molecule has 2 aliphatic rings. The molecule has 1 atom stereocenters. The van der Waals surface area contributed by atoms with Crippen molar-refractivity contribution in [3.63, 3.8) is 0 Å². The molecule has 2 nitrogen and oxygen atoms in total. The molecular weight excluding hydrogens is 172 g/mol. The zero-order valence-corrected chi connectivity index (χ0v) is 9.60. The average molecular weight is 196 g/mol. The van der Waals surface area contributed by atoms with Crippen LogP contribution in [0.5, 0.6) is 0 Å². The number of nitrogens with one attached hydrogen (secondary N) is 2. The minimum absolute atomic E-state index is 0.464. The molecule has 0 amide bonds. The Morgan fingerprint density at radius 3 is 2.50 bits per heavy atom. The summed E-state index contributed by atoms with van der Waals surface area (Å²) < 4.78 is 0. The molecule has 2 N–H and O–H groups in total. The number of hydrogen-bond acceptors (Lipinski definition) is 2. The third-order valence-corrected chi connectivity index (χ3v) is 4.18. The van der Waals surface area contributed by atoms with Gasteiger partial charge in [-0.1, -0.05) is 19.8 Å². The van der Waals surface area contributed by atoms with Crippen LogP contribution in [0.3, 0.4) is 0 Å². The van der Waals surface area contributed by atoms with Crippen LogP contribution in [0, 0.1) is 11.8 Å². The number of hydrogen-bond donors (Lipinski definition) is 2. The molecule has 1 heterocycles. The highest BCUT2D eigenvalue weighted by molar-refractivity contribution is 4.90. The van der Waals surface area contributed by atoms with E-state index in [0.29, 0.717) is 5.54 Å². The van der Waals surface area contributed by atoms with Gasteiger partial charge in [0.15, 0.2) is 0 Å². The van der Waals surface area contributed by atoms with Crippen LogP contribution >= 0.6 is 0 Å². The van der Waals surface area contributed by atoms with E-state index in [0.717, 1.165) is 11.8 Å². The standard InChI is InChI=1S/C12H24N2/c1-10(11-8-13-9-11)7-14-12(2)5-3-4-6-12/h10-11,13-14H,3-9H2,1-2H3. The molecule has 1 unspecified atom stereocenters. The van der Waals surface area contributed by atoms with Crippen LogP contribution in [0.1, 0.15) is 39.5 Å². The fourth-order valence-electron chi connectivity index (χ4n) is 2.62. The van der Waals surface area contributed by atoms with E-state index in [1.54, 1.807) is 0 Å². The van der Waals surface area contributed by atoms with E-state index < -0.39 is 0 Å². The summed E-state index contributed by atoms with van der Waals surface area (Å²) in [5.41, 5.74) is 0.464. The Morgan fingerprint density at radius 1 is 1.36 bits per heavy atom. The van der Waals surface area contributed by atoms with Gasteiger partial charge in [-0.2, -0.15) is 0 Å². The van der Waals surface area contributed by atoms with Gasteiger partial charge in [-0.25, -0.2) is 0 Å². The van der Waals surface area contributed by atoms with Gasteiger partial charge in [0.1, 0.15) is 0 Å². The lowest BCUT2D eigenvalue weighted by Crippen LogP contribution is -2.50. The second kappa shape index (κ2) is 4.19. The molecule has 1 aliphatic carbocycles. The lowest BCUT2D eigenvalue weighted by molar-refractivity contribution is 0.221. The van der Waals surface area contributed by atoms with Crippen molar-refractivity contribution >= 4 is 0 Å². The summed E-state index contributed by atoms with van der Waals surface area (Å²) in [6, 6.07) is 0. The molecular formula is C12H24N2. The molecule has 1 saturated heterocycles. The molecule has 0 radical (unpaired) electrons. The SMILES string of the molecule is CC(CNC1(C)CCCC1)C1CNC1. The van der Waals surface area contributed by atoms with Crippen molar-refractivity contribution in [2.45, 2.75) is 45.1 Å². The third-order valence-electron chi connectivity index (χ3n) is 4.18. The van der Waals surface area contributed by atoms with Crippen molar-refractivity contribution < 1.29 is 0 Å². The van der Waals surface area contributed by atoms with Crippen LogP contribution in [0.25, 0.3) is 0 Å². The molecule has 1 aliphatic heterocycles. The molecule has 0 aromatic carbocycles. The highest BCUT2D eigenvalue weighted by Crippen LogP contribution is 2.29. The van der Waals surface area contributed by atoms with Gasteiger partial charge in [-0.3, -0.25) is 0 Å². The second-order valence-corrected chi connectivity index (χ2v) is 5.54. The van der Waals surface area contributed by atoms with E-state index in [-0.39, 0.29) is 0 Å². The van der Waals surface area contributed by atoms with E-state index in [1.165, 1.54) is 45.3 Å². The molecule has 0 aromatic rings. The van der Waals surface area contributed by atoms with Gasteiger partial charge >= 0.3 is 0 Å². The number of rotatable bonds is 4. The topological polar surface area (TPSA) is 24.1 Å². The quantitative estimate of drug-likeness (QED) is 0.716. The van der Waals surface area contributed by atoms with Crippen LogP contribution in [0.2, 0.25) is 0 Å². The summed E-state index contributed by atoms with van der Waals surface area (Å²) in [5, 5.41) is 7.13. The molecule has 1 saturated carbocycles. The van der Waals surface area contributed by atoms with Crippen LogP contribution in [0.15, 0.2) is 0 Å². The summed E-state index contributed by atoms with van der Waals surface area (Å²) >= 11 is 0. The van der Waals surface area contributed by atoms with Crippen molar-refractivity contribution in [2.24, 2.45) is 11.8 Å². The van der Waals surface area contributed by atoms with Gasteiger partial charge < -0.3 is 10.6 Å². The highest BCUT2D eigenvalue weighted by Gasteiger charge is 2.30. The lowest BCUT2D eigenvalue weighted by Gasteiger charge is -2.35. The van der Waals surface area contributed by atoms with Gasteiger partial charge in [0.2, 0.25) is 0 Å². The highest BCUT2D eigenvalue weighted by atomic mass is 15.0. The zero-order valence-electron chi connectivity index (χ0n) is 9.60. The monoisotopic (exact) mass is 196 g/mol. The predicted molar refractivity (Wildman–Crippen MR) is 60.4 cm³/mol. The first kappa shape index (κ1) is 10.4. The van der Waals surface area contributed by atoms with Crippen LogP contribution < -0.4 is 10.6 Å². The fourth-order valence-corrected chi connectivity index (χ4v) is 2.62. The van der Waals surface area contributed by atoms with E-state index in [2.05, 4.69) is 24.5 Å². The van der Waals surface area contributed by atoms with Crippen LogP contribution in [-0.4, -0.2) is 25.2 Å². The minimum atomic E-state index is 0.464. The van der Waals surface area contributed by atoms with E-state index in [4.69, 9.17) is 0 Å². The zero-order chi connectivity index (χ0) is 10.0. The summed E-state index contributed by atoms with van der Waals surface area (Å²) in [6.45, 7) is 8.46. The van der Waals surface area contributed by atoms with Gasteiger partial charge in [0.05, 0.1) is 0 Å². The maximum Gasteiger partial charge on any atom is 0.0153 e. The fraction of sp³-hybridized carbons (Fsp3) is 1.00. The van der Waals surface area contributed by atoms with Gasteiger partial charge in [-0.05, 0) is 51.2 Å². The van der Waals surface area contributed by atoms with E-state index >= 15 is 0 Å². The second-order valence-electron chi connectivity index (χ2n) is 5.54. The van der Waals surface area contributed by atoms with Crippen LogP contribution in [0.4, 0.5) is 0 Å². The van der Waals surface area contributed by atoms with E-state index in [1.807, 2.05) is 0 Å². The Bertz CT molecular complexity index is 181. The van der Waals surface area contributed by atoms with E-state index in [9.17, 15) is 0 Å². The van der Waals surface area contributed by atoms with Crippen molar-refractivity contribution in [3.05, 3.63) is 0 Å². The van der Waals surface area contributed by atoms with Crippen molar-refractivity contribution in [3.8, 4) is 0 Å². The molecule has 2 rings (SSSR count). The summed E-state index contributed by atoms with van der Waals surface area (Å²) in [4.78, 5) is 0. The normalized spacial score (nSPS) is 28.7. The Morgan fingerprint density at radius 2 is 2.00 bits per heavy atom. The lowest BCUT2D eigenvalue weighted by atomic mass is 9.88. The smallest absolute Gasteiger partial charge is 0.0153 e. The van der Waals surface area contributed by atoms with Crippen molar-refractivity contribution in [1.82, 2.24) is 10.6 Å². The molecule has 2 fully saturated rings. The molecule has 2 heteroatoms. The molecule has 82 valence electrons. The Balaban J connectivity index is 1.70. The van der Waals surface area contributed by atoms with Gasteiger partial charge in [0, 0.05) is 5.54 Å². The Kier molecular flexibility index (Phi) is 3.13. The van der Waals surface area contributed by atoms with Crippen molar-refractivity contribution in [2.75, 3.05) is 19.6 Å². The van der Waals surface area contributed by atoms with Crippen LogP contribution in [-0.2, 0) is 0 Å². The third kappa shape index (κ3) is 2.29. The van der Waals surface area contributed by atoms with Gasteiger partial charge in [-0.15, -0.1) is 0 Å². The Hall–Kier alpha value is -0.0800. The van der Waals surface area contributed by atoms with Gasteiger partial charge in [0.25, 0.3) is 0 Å². The molecule has 14 heavy (non-hydrogen) atoms. The Labute approximate surface area is 87.8 Å². The largest absolute Gasteiger partial charge is 0.316 e. The summed E-state index contributed by atoms with van der Waals surface area (Å²) in [7, 11) is 0.